The van der Waals surface area contributed by atoms with Gasteiger partial charge in [0.2, 0.25) is 5.91 Å². The van der Waals surface area contributed by atoms with E-state index in [-0.39, 0.29) is 11.9 Å². The molecule has 3 aromatic rings. The summed E-state index contributed by atoms with van der Waals surface area (Å²) in [6, 6.07) is 14.3. The van der Waals surface area contributed by atoms with Gasteiger partial charge in [-0.3, -0.25) is 9.69 Å². The lowest BCUT2D eigenvalue weighted by molar-refractivity contribution is -0.136. The molecular formula is C19H20N4OS. The number of benzene rings is 2. The minimum absolute atomic E-state index is 0.107. The molecule has 2 heterocycles. The number of carbonyl (C=O) groups is 1. The maximum absolute atomic E-state index is 13.0. The molecule has 1 aliphatic rings. The van der Waals surface area contributed by atoms with Crippen molar-refractivity contribution in [2.45, 2.75) is 25.6 Å². The SMILES string of the molecule is CN(Cc1ccc2nsnc2c1)C(=O)[C@@H]1Cc2ccccc2CN1C. The van der Waals surface area contributed by atoms with E-state index in [0.717, 1.165) is 29.6 Å². The van der Waals surface area contributed by atoms with Gasteiger partial charge in [-0.1, -0.05) is 30.3 Å². The van der Waals surface area contributed by atoms with Gasteiger partial charge in [-0.2, -0.15) is 8.75 Å². The second-order valence-electron chi connectivity index (χ2n) is 6.69. The van der Waals surface area contributed by atoms with Crippen molar-refractivity contribution in [3.63, 3.8) is 0 Å². The summed E-state index contributed by atoms with van der Waals surface area (Å²) in [7, 11) is 3.90. The second kappa shape index (κ2) is 6.54. The fourth-order valence-corrected chi connectivity index (χ4v) is 3.98. The summed E-state index contributed by atoms with van der Waals surface area (Å²) in [5, 5.41) is 0. The fraction of sp³-hybridized carbons (Fsp3) is 0.316. The summed E-state index contributed by atoms with van der Waals surface area (Å²) in [6.07, 6.45) is 0.769. The summed E-state index contributed by atoms with van der Waals surface area (Å²) in [5.41, 5.74) is 5.48. The first-order chi connectivity index (χ1) is 12.1. The molecule has 0 unspecified atom stereocenters. The van der Waals surface area contributed by atoms with E-state index in [4.69, 9.17) is 0 Å². The van der Waals surface area contributed by atoms with Gasteiger partial charge in [-0.05, 0) is 42.3 Å². The van der Waals surface area contributed by atoms with Gasteiger partial charge in [0.15, 0.2) is 0 Å². The van der Waals surface area contributed by atoms with Crippen LogP contribution in [0.4, 0.5) is 0 Å². The zero-order valence-corrected chi connectivity index (χ0v) is 15.2. The Kier molecular flexibility index (Phi) is 4.23. The molecule has 0 aliphatic carbocycles. The van der Waals surface area contributed by atoms with Crippen molar-refractivity contribution in [3.05, 3.63) is 59.2 Å². The van der Waals surface area contributed by atoms with Crippen molar-refractivity contribution in [1.29, 1.82) is 0 Å². The molecule has 6 heteroatoms. The maximum Gasteiger partial charge on any atom is 0.240 e. The van der Waals surface area contributed by atoms with E-state index in [1.54, 1.807) is 0 Å². The first-order valence-electron chi connectivity index (χ1n) is 8.35. The summed E-state index contributed by atoms with van der Waals surface area (Å²) >= 11 is 1.22. The Morgan fingerprint density at radius 3 is 2.80 bits per heavy atom. The Labute approximate surface area is 151 Å². The van der Waals surface area contributed by atoms with Crippen LogP contribution in [0.3, 0.4) is 0 Å². The molecule has 0 radical (unpaired) electrons. The first-order valence-corrected chi connectivity index (χ1v) is 9.08. The highest BCUT2D eigenvalue weighted by atomic mass is 32.1. The highest BCUT2D eigenvalue weighted by molar-refractivity contribution is 7.00. The Hall–Kier alpha value is -2.31. The molecule has 1 aliphatic heterocycles. The minimum Gasteiger partial charge on any atom is -0.340 e. The maximum atomic E-state index is 13.0. The van der Waals surface area contributed by atoms with Crippen LogP contribution in [-0.4, -0.2) is 44.6 Å². The molecule has 4 rings (SSSR count). The van der Waals surface area contributed by atoms with E-state index in [1.807, 2.05) is 43.3 Å². The van der Waals surface area contributed by atoms with Crippen LogP contribution in [-0.2, 0) is 24.3 Å². The topological polar surface area (TPSA) is 49.3 Å². The summed E-state index contributed by atoms with van der Waals surface area (Å²) in [5.74, 6) is 0.161. The smallest absolute Gasteiger partial charge is 0.240 e. The summed E-state index contributed by atoms with van der Waals surface area (Å²) < 4.78 is 8.50. The third-order valence-corrected chi connectivity index (χ3v) is 5.44. The van der Waals surface area contributed by atoms with E-state index in [1.165, 1.54) is 22.9 Å². The Morgan fingerprint density at radius 2 is 1.96 bits per heavy atom. The zero-order chi connectivity index (χ0) is 17.4. The third-order valence-electron chi connectivity index (χ3n) is 4.88. The Balaban J connectivity index is 1.50. The molecule has 1 atom stereocenters. The number of aromatic nitrogens is 2. The van der Waals surface area contributed by atoms with Gasteiger partial charge in [-0.15, -0.1) is 0 Å². The van der Waals surface area contributed by atoms with Crippen LogP contribution in [0.1, 0.15) is 16.7 Å². The number of nitrogens with zero attached hydrogens (tertiary/aromatic N) is 4. The van der Waals surface area contributed by atoms with Crippen LogP contribution < -0.4 is 0 Å². The van der Waals surface area contributed by atoms with Crippen molar-refractivity contribution < 1.29 is 4.79 Å². The van der Waals surface area contributed by atoms with Gasteiger partial charge in [-0.25, -0.2) is 0 Å². The molecule has 0 saturated heterocycles. The quantitative estimate of drug-likeness (QED) is 0.727. The first kappa shape index (κ1) is 16.2. The highest BCUT2D eigenvalue weighted by Gasteiger charge is 2.30. The predicted octanol–water partition coefficient (Wildman–Crippen LogP) is 2.71. The van der Waals surface area contributed by atoms with E-state index in [0.29, 0.717) is 6.54 Å². The van der Waals surface area contributed by atoms with Crippen LogP contribution in [0.5, 0.6) is 0 Å². The Bertz CT molecular complexity index is 922. The number of amides is 1. The lowest BCUT2D eigenvalue weighted by Gasteiger charge is -2.35. The van der Waals surface area contributed by atoms with Gasteiger partial charge in [0.25, 0.3) is 0 Å². The number of hydrogen-bond donors (Lipinski definition) is 0. The fourth-order valence-electron chi connectivity index (χ4n) is 3.46. The monoisotopic (exact) mass is 352 g/mol. The van der Waals surface area contributed by atoms with Crippen molar-refractivity contribution >= 4 is 28.7 Å². The molecule has 0 spiro atoms. The lowest BCUT2D eigenvalue weighted by atomic mass is 9.93. The van der Waals surface area contributed by atoms with Crippen molar-refractivity contribution in [3.8, 4) is 0 Å². The lowest BCUT2D eigenvalue weighted by Crippen LogP contribution is -2.48. The van der Waals surface area contributed by atoms with E-state index in [9.17, 15) is 4.79 Å². The molecule has 128 valence electrons. The van der Waals surface area contributed by atoms with Gasteiger partial charge >= 0.3 is 0 Å². The molecule has 0 bridgehead atoms. The molecule has 5 nitrogen and oxygen atoms in total. The highest BCUT2D eigenvalue weighted by Crippen LogP contribution is 2.23. The summed E-state index contributed by atoms with van der Waals surface area (Å²) in [4.78, 5) is 17.0. The van der Waals surface area contributed by atoms with Crippen LogP contribution in [0.15, 0.2) is 42.5 Å². The molecule has 25 heavy (non-hydrogen) atoms. The molecule has 0 fully saturated rings. The average molecular weight is 352 g/mol. The van der Waals surface area contributed by atoms with Crippen LogP contribution in [0.2, 0.25) is 0 Å². The standard InChI is InChI=1S/C19H20N4OS/c1-22-12-15-6-4-3-5-14(15)10-18(22)19(24)23(2)11-13-7-8-16-17(9-13)21-25-20-16/h3-9,18H,10-12H2,1-2H3/t18-/m0/s1. The third kappa shape index (κ3) is 3.15. The van der Waals surface area contributed by atoms with Gasteiger partial charge in [0.1, 0.15) is 11.0 Å². The van der Waals surface area contributed by atoms with E-state index >= 15 is 0 Å². The minimum atomic E-state index is -0.107. The van der Waals surface area contributed by atoms with Crippen LogP contribution in [0.25, 0.3) is 11.0 Å². The van der Waals surface area contributed by atoms with Crippen molar-refractivity contribution in [2.75, 3.05) is 14.1 Å². The van der Waals surface area contributed by atoms with E-state index in [2.05, 4.69) is 31.8 Å². The Morgan fingerprint density at radius 1 is 1.20 bits per heavy atom. The van der Waals surface area contributed by atoms with Gasteiger partial charge in [0.05, 0.1) is 17.8 Å². The molecule has 0 saturated carbocycles. The zero-order valence-electron chi connectivity index (χ0n) is 14.3. The molecule has 2 aromatic carbocycles. The molecule has 1 amide bonds. The number of rotatable bonds is 3. The largest absolute Gasteiger partial charge is 0.340 e. The normalized spacial score (nSPS) is 17.4. The van der Waals surface area contributed by atoms with Gasteiger partial charge < -0.3 is 4.90 Å². The number of likely N-dealkylation sites (N-methyl/N-ethyl adjacent to an activating group) is 2. The molecule has 0 N–H and O–H groups in total. The summed E-state index contributed by atoms with van der Waals surface area (Å²) in [6.45, 7) is 1.40. The van der Waals surface area contributed by atoms with Crippen molar-refractivity contribution in [2.24, 2.45) is 0 Å². The van der Waals surface area contributed by atoms with Crippen LogP contribution in [0, 0.1) is 0 Å². The number of carbonyl (C=O) groups excluding carboxylic acids is 1. The molecule has 1 aromatic heterocycles. The second-order valence-corrected chi connectivity index (χ2v) is 7.21. The van der Waals surface area contributed by atoms with Gasteiger partial charge in [0, 0.05) is 20.1 Å². The average Bonchev–Trinajstić information content (AvgIpc) is 3.08. The predicted molar refractivity (Wildman–Crippen MR) is 99.3 cm³/mol. The van der Waals surface area contributed by atoms with E-state index < -0.39 is 0 Å². The van der Waals surface area contributed by atoms with Crippen LogP contribution >= 0.6 is 11.7 Å². The van der Waals surface area contributed by atoms with Crippen molar-refractivity contribution in [1.82, 2.24) is 18.5 Å². The number of hydrogen-bond acceptors (Lipinski definition) is 5. The number of fused-ring (bicyclic) bond motifs is 2. The molecular weight excluding hydrogens is 332 g/mol.